The van der Waals surface area contributed by atoms with Crippen LogP contribution in [0.1, 0.15) is 60.9 Å². The lowest BCUT2D eigenvalue weighted by Crippen LogP contribution is -2.33. The third kappa shape index (κ3) is 5.78. The number of benzene rings is 2. The van der Waals surface area contributed by atoms with Crippen molar-refractivity contribution in [1.29, 1.82) is 0 Å². The first-order valence-electron chi connectivity index (χ1n) is 13.2. The van der Waals surface area contributed by atoms with Gasteiger partial charge < -0.3 is 19.5 Å². The number of nitrogens with one attached hydrogen (secondary N) is 1. The van der Waals surface area contributed by atoms with Crippen molar-refractivity contribution in [3.8, 4) is 0 Å². The Morgan fingerprint density at radius 2 is 1.86 bits per heavy atom. The molecule has 2 aliphatic rings. The summed E-state index contributed by atoms with van der Waals surface area (Å²) in [7, 11) is 1.67. The fourth-order valence-corrected chi connectivity index (χ4v) is 5.22. The number of hydrogen-bond acceptors (Lipinski definition) is 4. The van der Waals surface area contributed by atoms with Gasteiger partial charge in [0.15, 0.2) is 0 Å². The van der Waals surface area contributed by atoms with Gasteiger partial charge in [-0.3, -0.25) is 9.59 Å². The largest absolute Gasteiger partial charge is 0.383 e. The first kappa shape index (κ1) is 24.5. The molecule has 2 amide bonds. The summed E-state index contributed by atoms with van der Waals surface area (Å²) in [6.07, 6.45) is 9.34. The van der Waals surface area contributed by atoms with Crippen LogP contribution in [0.2, 0.25) is 0 Å². The average Bonchev–Trinajstić information content (AvgIpc) is 3.64. The van der Waals surface area contributed by atoms with E-state index in [1.54, 1.807) is 13.4 Å². The van der Waals surface area contributed by atoms with Crippen LogP contribution in [0.3, 0.4) is 0 Å². The Hall–Kier alpha value is -3.19. The Bertz CT molecular complexity index is 1200. The van der Waals surface area contributed by atoms with Gasteiger partial charge in [0, 0.05) is 38.3 Å². The van der Waals surface area contributed by atoms with Crippen molar-refractivity contribution in [2.75, 3.05) is 25.6 Å². The molecular formula is C29H36N4O3. The number of hydrogen-bond donors (Lipinski definition) is 1. The highest BCUT2D eigenvalue weighted by Gasteiger charge is 2.29. The maximum atomic E-state index is 14.1. The van der Waals surface area contributed by atoms with Crippen LogP contribution in [-0.2, 0) is 22.6 Å². The molecule has 0 atom stereocenters. The molecule has 2 fully saturated rings. The second-order valence-corrected chi connectivity index (χ2v) is 10.3. The third-order valence-corrected chi connectivity index (χ3v) is 7.40. The van der Waals surface area contributed by atoms with E-state index < -0.39 is 0 Å². The normalized spacial score (nSPS) is 16.2. The summed E-state index contributed by atoms with van der Waals surface area (Å²) in [4.78, 5) is 33.7. The molecule has 0 aliphatic heterocycles. The van der Waals surface area contributed by atoms with Crippen molar-refractivity contribution >= 4 is 28.5 Å². The van der Waals surface area contributed by atoms with Crippen LogP contribution < -0.4 is 5.32 Å². The first-order chi connectivity index (χ1) is 17.6. The summed E-state index contributed by atoms with van der Waals surface area (Å²) in [6.45, 7) is 2.42. The van der Waals surface area contributed by atoms with E-state index in [0.29, 0.717) is 42.4 Å². The van der Waals surface area contributed by atoms with Crippen molar-refractivity contribution in [2.45, 2.75) is 58.0 Å². The number of imidazole rings is 1. The SMILES string of the molecule is COCCn1cnc2cc(NC(=O)C3CCCCC3)cc(C(=O)N(Cc3ccccc3)CC3CC3)c21. The maximum Gasteiger partial charge on any atom is 0.256 e. The first-order valence-corrected chi connectivity index (χ1v) is 13.2. The molecule has 2 aromatic carbocycles. The molecule has 1 heterocycles. The monoisotopic (exact) mass is 488 g/mol. The molecule has 0 saturated heterocycles. The van der Waals surface area contributed by atoms with E-state index in [-0.39, 0.29) is 17.7 Å². The van der Waals surface area contributed by atoms with Crippen LogP contribution in [0.15, 0.2) is 48.8 Å². The molecule has 2 saturated carbocycles. The zero-order valence-electron chi connectivity index (χ0n) is 21.1. The van der Waals surface area contributed by atoms with Gasteiger partial charge in [0.05, 0.1) is 29.5 Å². The zero-order valence-corrected chi connectivity index (χ0v) is 21.1. The average molecular weight is 489 g/mol. The van der Waals surface area contributed by atoms with Crippen LogP contribution in [0.5, 0.6) is 0 Å². The van der Waals surface area contributed by atoms with E-state index in [1.165, 1.54) is 6.42 Å². The van der Waals surface area contributed by atoms with Crippen LogP contribution in [0, 0.1) is 11.8 Å². The predicted molar refractivity (Wildman–Crippen MR) is 141 cm³/mol. The van der Waals surface area contributed by atoms with E-state index in [4.69, 9.17) is 4.74 Å². The molecule has 7 nitrogen and oxygen atoms in total. The molecular weight excluding hydrogens is 452 g/mol. The number of methoxy groups -OCH3 is 1. The van der Waals surface area contributed by atoms with Crippen LogP contribution in [0.25, 0.3) is 11.0 Å². The van der Waals surface area contributed by atoms with Gasteiger partial charge in [-0.25, -0.2) is 4.98 Å². The highest BCUT2D eigenvalue weighted by atomic mass is 16.5. The highest BCUT2D eigenvalue weighted by molar-refractivity contribution is 6.07. The molecule has 0 radical (unpaired) electrons. The van der Waals surface area contributed by atoms with E-state index in [9.17, 15) is 9.59 Å². The number of amides is 2. The summed E-state index contributed by atoms with van der Waals surface area (Å²) in [5, 5.41) is 3.11. The number of rotatable bonds is 10. The van der Waals surface area contributed by atoms with E-state index in [0.717, 1.165) is 56.1 Å². The van der Waals surface area contributed by atoms with Crippen molar-refractivity contribution in [2.24, 2.45) is 11.8 Å². The van der Waals surface area contributed by atoms with Crippen LogP contribution >= 0.6 is 0 Å². The summed E-state index contributed by atoms with van der Waals surface area (Å²) in [5.74, 6) is 0.618. The number of anilines is 1. The molecule has 3 aromatic rings. The molecule has 36 heavy (non-hydrogen) atoms. The molecule has 1 aromatic heterocycles. The quantitative estimate of drug-likeness (QED) is 0.423. The topological polar surface area (TPSA) is 76.5 Å². The van der Waals surface area contributed by atoms with E-state index in [1.807, 2.05) is 39.8 Å². The van der Waals surface area contributed by atoms with Gasteiger partial charge >= 0.3 is 0 Å². The Morgan fingerprint density at radius 1 is 1.08 bits per heavy atom. The van der Waals surface area contributed by atoms with Gasteiger partial charge in [-0.1, -0.05) is 49.6 Å². The molecule has 5 rings (SSSR count). The summed E-state index contributed by atoms with van der Waals surface area (Å²) < 4.78 is 7.28. The Balaban J connectivity index is 1.49. The lowest BCUT2D eigenvalue weighted by atomic mass is 9.88. The van der Waals surface area contributed by atoms with E-state index >= 15 is 0 Å². The lowest BCUT2D eigenvalue weighted by molar-refractivity contribution is -0.120. The fraction of sp³-hybridized carbons (Fsp3) is 0.483. The summed E-state index contributed by atoms with van der Waals surface area (Å²) in [5.41, 5.74) is 3.84. The third-order valence-electron chi connectivity index (χ3n) is 7.40. The van der Waals surface area contributed by atoms with Gasteiger partial charge in [-0.05, 0) is 49.3 Å². The minimum atomic E-state index is -0.0244. The number of fused-ring (bicyclic) bond motifs is 1. The van der Waals surface area contributed by atoms with E-state index in [2.05, 4.69) is 22.4 Å². The lowest BCUT2D eigenvalue weighted by Gasteiger charge is -2.24. The number of carbonyl (C=O) groups excluding carboxylic acids is 2. The Labute approximate surface area is 212 Å². The number of nitrogens with zero attached hydrogens (tertiary/aromatic N) is 3. The van der Waals surface area contributed by atoms with Crippen LogP contribution in [-0.4, -0.2) is 46.5 Å². The summed E-state index contributed by atoms with van der Waals surface area (Å²) >= 11 is 0. The van der Waals surface area contributed by atoms with Gasteiger partial charge in [0.1, 0.15) is 0 Å². The highest BCUT2D eigenvalue weighted by Crippen LogP contribution is 2.32. The summed E-state index contributed by atoms with van der Waals surface area (Å²) in [6, 6.07) is 13.9. The maximum absolute atomic E-state index is 14.1. The van der Waals surface area contributed by atoms with Crippen molar-refractivity contribution < 1.29 is 14.3 Å². The van der Waals surface area contributed by atoms with Gasteiger partial charge in [0.2, 0.25) is 5.91 Å². The molecule has 0 unspecified atom stereocenters. The second kappa shape index (κ2) is 11.2. The number of aromatic nitrogens is 2. The van der Waals surface area contributed by atoms with Crippen molar-refractivity contribution in [3.63, 3.8) is 0 Å². The predicted octanol–water partition coefficient (Wildman–Crippen LogP) is 5.25. The van der Waals surface area contributed by atoms with Crippen LogP contribution in [0.4, 0.5) is 5.69 Å². The molecule has 7 heteroatoms. The number of carbonyl (C=O) groups is 2. The molecule has 1 N–H and O–H groups in total. The molecule has 2 aliphatic carbocycles. The smallest absolute Gasteiger partial charge is 0.256 e. The zero-order chi connectivity index (χ0) is 24.9. The minimum absolute atomic E-state index is 0.0244. The Kier molecular flexibility index (Phi) is 7.66. The minimum Gasteiger partial charge on any atom is -0.383 e. The van der Waals surface area contributed by atoms with Gasteiger partial charge in [-0.15, -0.1) is 0 Å². The fourth-order valence-electron chi connectivity index (χ4n) is 5.22. The van der Waals surface area contributed by atoms with Gasteiger partial charge in [0.25, 0.3) is 5.91 Å². The van der Waals surface area contributed by atoms with Crippen molar-refractivity contribution in [3.05, 3.63) is 59.9 Å². The standard InChI is InChI=1S/C29H36N4O3/c1-36-15-14-32-20-30-26-17-24(31-28(34)23-10-6-3-7-11-23)16-25(27(26)32)29(35)33(19-22-12-13-22)18-21-8-4-2-5-9-21/h2,4-5,8-9,16-17,20,22-23H,3,6-7,10-15,18-19H2,1H3,(H,31,34). The molecule has 0 spiro atoms. The molecule has 190 valence electrons. The second-order valence-electron chi connectivity index (χ2n) is 10.3. The molecule has 0 bridgehead atoms. The number of ether oxygens (including phenoxy) is 1. The van der Waals surface area contributed by atoms with Gasteiger partial charge in [-0.2, -0.15) is 0 Å². The Morgan fingerprint density at radius 3 is 2.58 bits per heavy atom. The van der Waals surface area contributed by atoms with Crippen molar-refractivity contribution in [1.82, 2.24) is 14.5 Å².